The van der Waals surface area contributed by atoms with Gasteiger partial charge in [-0.05, 0) is 37.0 Å². The Morgan fingerprint density at radius 3 is 2.78 bits per heavy atom. The van der Waals surface area contributed by atoms with Gasteiger partial charge in [0.05, 0.1) is 5.92 Å². The summed E-state index contributed by atoms with van der Waals surface area (Å²) in [7, 11) is 0. The Labute approximate surface area is 106 Å². The maximum atomic E-state index is 11.6. The number of ether oxygens (including phenoxy) is 1. The van der Waals surface area contributed by atoms with Crippen LogP contribution in [0.2, 0.25) is 0 Å². The Kier molecular flexibility index (Phi) is 3.65. The van der Waals surface area contributed by atoms with Gasteiger partial charge in [0.15, 0.2) is 6.61 Å². The Balaban J connectivity index is 1.77. The first-order chi connectivity index (χ1) is 8.56. The van der Waals surface area contributed by atoms with E-state index in [0.29, 0.717) is 5.92 Å². The number of hydrogen-bond donors (Lipinski definition) is 1. The van der Waals surface area contributed by atoms with E-state index in [1.54, 1.807) is 6.07 Å². The Hall–Kier alpha value is -1.84. The summed E-state index contributed by atoms with van der Waals surface area (Å²) in [5, 5.41) is 2.69. The molecular weight excluding hydrogens is 230 g/mol. The van der Waals surface area contributed by atoms with Gasteiger partial charge in [-0.25, -0.2) is 0 Å². The molecule has 0 spiro atoms. The van der Waals surface area contributed by atoms with Crippen molar-refractivity contribution in [2.24, 2.45) is 11.8 Å². The Morgan fingerprint density at radius 2 is 2.17 bits per heavy atom. The van der Waals surface area contributed by atoms with Crippen LogP contribution in [-0.2, 0) is 14.3 Å². The monoisotopic (exact) mass is 247 g/mol. The van der Waals surface area contributed by atoms with Crippen LogP contribution in [0.4, 0.5) is 5.69 Å². The summed E-state index contributed by atoms with van der Waals surface area (Å²) in [6.07, 6.45) is 0.873. The number of hydrogen-bond acceptors (Lipinski definition) is 3. The molecule has 0 heterocycles. The van der Waals surface area contributed by atoms with E-state index in [-0.39, 0.29) is 24.4 Å². The Morgan fingerprint density at radius 1 is 1.44 bits per heavy atom. The van der Waals surface area contributed by atoms with Crippen LogP contribution in [0, 0.1) is 18.8 Å². The molecule has 0 unspecified atom stereocenters. The molecule has 2 rings (SSSR count). The molecule has 0 aliphatic heterocycles. The molecule has 1 aliphatic rings. The van der Waals surface area contributed by atoms with Gasteiger partial charge in [0.25, 0.3) is 5.91 Å². The highest BCUT2D eigenvalue weighted by molar-refractivity contribution is 5.93. The lowest BCUT2D eigenvalue weighted by molar-refractivity contribution is -0.148. The zero-order valence-electron chi connectivity index (χ0n) is 10.6. The van der Waals surface area contributed by atoms with Crippen LogP contribution >= 0.6 is 0 Å². The summed E-state index contributed by atoms with van der Waals surface area (Å²) in [6, 6.07) is 7.48. The fourth-order valence-electron chi connectivity index (χ4n) is 1.81. The minimum absolute atomic E-state index is 0.00299. The lowest BCUT2D eigenvalue weighted by atomic mass is 10.2. The van der Waals surface area contributed by atoms with Gasteiger partial charge in [-0.15, -0.1) is 0 Å². The van der Waals surface area contributed by atoms with Crippen LogP contribution < -0.4 is 5.32 Å². The normalized spacial score (nSPS) is 21.2. The molecule has 1 saturated carbocycles. The maximum Gasteiger partial charge on any atom is 0.309 e. The molecule has 1 fully saturated rings. The molecule has 1 amide bonds. The van der Waals surface area contributed by atoms with Crippen LogP contribution in [0.25, 0.3) is 0 Å². The molecule has 0 radical (unpaired) electrons. The van der Waals surface area contributed by atoms with Crippen molar-refractivity contribution >= 4 is 17.6 Å². The quantitative estimate of drug-likeness (QED) is 0.829. The zero-order valence-corrected chi connectivity index (χ0v) is 10.6. The van der Waals surface area contributed by atoms with Gasteiger partial charge in [0.2, 0.25) is 0 Å². The molecular formula is C14H17NO3. The van der Waals surface area contributed by atoms with Crippen LogP contribution in [0.1, 0.15) is 18.9 Å². The highest BCUT2D eigenvalue weighted by Crippen LogP contribution is 2.38. The molecule has 0 bridgehead atoms. The number of carbonyl (C=O) groups is 2. The first kappa shape index (κ1) is 12.6. The molecule has 2 atom stereocenters. The number of esters is 1. The maximum absolute atomic E-state index is 11.6. The lowest BCUT2D eigenvalue weighted by Gasteiger charge is -2.06. The second kappa shape index (κ2) is 5.21. The summed E-state index contributed by atoms with van der Waals surface area (Å²) in [5.74, 6) is -0.168. The van der Waals surface area contributed by atoms with Crippen molar-refractivity contribution in [3.63, 3.8) is 0 Å². The predicted molar refractivity (Wildman–Crippen MR) is 68.0 cm³/mol. The fraction of sp³-hybridized carbons (Fsp3) is 0.429. The van der Waals surface area contributed by atoms with Gasteiger partial charge < -0.3 is 10.1 Å². The highest BCUT2D eigenvalue weighted by Gasteiger charge is 2.40. The fourth-order valence-corrected chi connectivity index (χ4v) is 1.81. The average Bonchev–Trinajstić information content (AvgIpc) is 3.03. The molecule has 1 aromatic carbocycles. The standard InChI is InChI=1S/C14H17NO3/c1-9-4-3-5-11(6-9)15-13(16)8-18-14(17)12-7-10(12)2/h3-6,10,12H,7-8H2,1-2H3,(H,15,16)/t10-,12-/m0/s1. The van der Waals surface area contributed by atoms with Gasteiger partial charge >= 0.3 is 5.97 Å². The van der Waals surface area contributed by atoms with Crippen molar-refractivity contribution < 1.29 is 14.3 Å². The van der Waals surface area contributed by atoms with Gasteiger partial charge in [0.1, 0.15) is 0 Å². The third-order valence-corrected chi connectivity index (χ3v) is 3.06. The first-order valence-electron chi connectivity index (χ1n) is 6.09. The number of amides is 1. The molecule has 1 N–H and O–H groups in total. The lowest BCUT2D eigenvalue weighted by Crippen LogP contribution is -2.21. The third-order valence-electron chi connectivity index (χ3n) is 3.06. The van der Waals surface area contributed by atoms with E-state index in [4.69, 9.17) is 4.74 Å². The summed E-state index contributed by atoms with van der Waals surface area (Å²) < 4.78 is 4.95. The third kappa shape index (κ3) is 3.32. The molecule has 18 heavy (non-hydrogen) atoms. The van der Waals surface area contributed by atoms with Crippen LogP contribution in [0.3, 0.4) is 0 Å². The number of rotatable bonds is 4. The van der Waals surface area contributed by atoms with Crippen molar-refractivity contribution in [1.29, 1.82) is 0 Å². The topological polar surface area (TPSA) is 55.4 Å². The number of aryl methyl sites for hydroxylation is 1. The number of carbonyl (C=O) groups excluding carboxylic acids is 2. The number of anilines is 1. The van der Waals surface area contributed by atoms with Crippen LogP contribution in [0.5, 0.6) is 0 Å². The van der Waals surface area contributed by atoms with E-state index >= 15 is 0 Å². The van der Waals surface area contributed by atoms with Crippen molar-refractivity contribution in [1.82, 2.24) is 0 Å². The number of nitrogens with one attached hydrogen (secondary N) is 1. The largest absolute Gasteiger partial charge is 0.455 e. The van der Waals surface area contributed by atoms with Crippen LogP contribution in [0.15, 0.2) is 24.3 Å². The van der Waals surface area contributed by atoms with Crippen molar-refractivity contribution in [3.05, 3.63) is 29.8 Å². The second-order valence-electron chi connectivity index (χ2n) is 4.84. The molecule has 0 saturated heterocycles. The average molecular weight is 247 g/mol. The second-order valence-corrected chi connectivity index (χ2v) is 4.84. The minimum Gasteiger partial charge on any atom is -0.455 e. The highest BCUT2D eigenvalue weighted by atomic mass is 16.5. The summed E-state index contributed by atoms with van der Waals surface area (Å²) in [5.41, 5.74) is 1.78. The van der Waals surface area contributed by atoms with Crippen molar-refractivity contribution in [2.75, 3.05) is 11.9 Å². The van der Waals surface area contributed by atoms with Crippen molar-refractivity contribution in [2.45, 2.75) is 20.3 Å². The van der Waals surface area contributed by atoms with Gasteiger partial charge in [-0.3, -0.25) is 9.59 Å². The van der Waals surface area contributed by atoms with E-state index in [0.717, 1.165) is 17.7 Å². The zero-order chi connectivity index (χ0) is 13.1. The Bertz CT molecular complexity index is 470. The summed E-state index contributed by atoms with van der Waals surface area (Å²) >= 11 is 0. The smallest absolute Gasteiger partial charge is 0.309 e. The number of benzene rings is 1. The van der Waals surface area contributed by atoms with E-state index in [1.165, 1.54) is 0 Å². The van der Waals surface area contributed by atoms with E-state index < -0.39 is 0 Å². The molecule has 1 aliphatic carbocycles. The molecule has 1 aromatic rings. The molecule has 96 valence electrons. The van der Waals surface area contributed by atoms with E-state index in [1.807, 2.05) is 32.0 Å². The minimum atomic E-state index is -0.303. The van der Waals surface area contributed by atoms with E-state index in [9.17, 15) is 9.59 Å². The van der Waals surface area contributed by atoms with Gasteiger partial charge in [0, 0.05) is 5.69 Å². The molecule has 0 aromatic heterocycles. The SMILES string of the molecule is Cc1cccc(NC(=O)COC(=O)[C@H]2C[C@@H]2C)c1. The van der Waals surface area contributed by atoms with Gasteiger partial charge in [-0.1, -0.05) is 19.1 Å². The molecule has 4 nitrogen and oxygen atoms in total. The van der Waals surface area contributed by atoms with Gasteiger partial charge in [-0.2, -0.15) is 0 Å². The predicted octanol–water partition coefficient (Wildman–Crippen LogP) is 2.13. The summed E-state index contributed by atoms with van der Waals surface area (Å²) in [6.45, 7) is 3.74. The summed E-state index contributed by atoms with van der Waals surface area (Å²) in [4.78, 5) is 23.0. The van der Waals surface area contributed by atoms with Crippen LogP contribution in [-0.4, -0.2) is 18.5 Å². The molecule has 4 heteroatoms. The van der Waals surface area contributed by atoms with Crippen molar-refractivity contribution in [3.8, 4) is 0 Å². The van der Waals surface area contributed by atoms with E-state index in [2.05, 4.69) is 5.32 Å². The first-order valence-corrected chi connectivity index (χ1v) is 6.09.